The molecule has 0 bridgehead atoms. The first-order chi connectivity index (χ1) is 12.4. The summed E-state index contributed by atoms with van der Waals surface area (Å²) in [6.07, 6.45) is -4.38. The van der Waals surface area contributed by atoms with Crippen LogP contribution >= 0.6 is 0 Å². The van der Waals surface area contributed by atoms with E-state index in [-0.39, 0.29) is 29.0 Å². The fourth-order valence-electron chi connectivity index (χ4n) is 4.14. The lowest BCUT2D eigenvalue weighted by atomic mass is 9.76. The number of ether oxygens (including phenoxy) is 2. The lowest BCUT2D eigenvalue weighted by Gasteiger charge is -2.45. The van der Waals surface area contributed by atoms with Crippen LogP contribution in [0.5, 0.6) is 11.5 Å². The number of nitrogens with zero attached hydrogens (tertiary/aromatic N) is 1. The Balaban J connectivity index is 2.11. The molecular formula is C19H16F3NO3. The highest BCUT2D eigenvalue weighted by molar-refractivity contribution is 6.01. The topological polar surface area (TPSA) is 38.8 Å². The molecule has 2 aromatic rings. The first-order valence-electron chi connectivity index (χ1n) is 8.09. The molecule has 0 N–H and O–H groups in total. The summed E-state index contributed by atoms with van der Waals surface area (Å²) >= 11 is 0. The van der Waals surface area contributed by atoms with Crippen LogP contribution in [0.1, 0.15) is 27.0 Å². The molecule has 26 heavy (non-hydrogen) atoms. The molecule has 1 atom stereocenters. The van der Waals surface area contributed by atoms with Crippen LogP contribution in [0.25, 0.3) is 0 Å². The van der Waals surface area contributed by atoms with Crippen molar-refractivity contribution in [1.82, 2.24) is 4.90 Å². The molecule has 0 fully saturated rings. The van der Waals surface area contributed by atoms with Crippen LogP contribution in [-0.2, 0) is 12.0 Å². The summed E-state index contributed by atoms with van der Waals surface area (Å²) < 4.78 is 54.2. The third-order valence-corrected chi connectivity index (χ3v) is 5.21. The molecule has 0 aromatic heterocycles. The first-order valence-corrected chi connectivity index (χ1v) is 8.09. The third-order valence-electron chi connectivity index (χ3n) is 5.21. The van der Waals surface area contributed by atoms with Crippen LogP contribution < -0.4 is 9.47 Å². The Morgan fingerprint density at radius 3 is 2.35 bits per heavy atom. The minimum absolute atomic E-state index is 0.0183. The van der Waals surface area contributed by atoms with Crippen molar-refractivity contribution in [2.45, 2.75) is 18.1 Å². The summed E-state index contributed by atoms with van der Waals surface area (Å²) in [5, 5.41) is 0. The van der Waals surface area contributed by atoms with E-state index in [4.69, 9.17) is 9.47 Å². The molecule has 2 aliphatic rings. The Morgan fingerprint density at radius 1 is 1.04 bits per heavy atom. The van der Waals surface area contributed by atoms with Gasteiger partial charge in [-0.1, -0.05) is 18.2 Å². The fourth-order valence-corrected chi connectivity index (χ4v) is 4.14. The molecule has 2 aliphatic heterocycles. The van der Waals surface area contributed by atoms with E-state index in [1.165, 1.54) is 38.5 Å². The summed E-state index contributed by atoms with van der Waals surface area (Å²) in [5.74, 6) is -0.0263. The molecule has 7 heteroatoms. The maximum absolute atomic E-state index is 14.6. The Bertz CT molecular complexity index is 909. The molecule has 2 heterocycles. The maximum atomic E-state index is 14.6. The molecule has 4 nitrogen and oxygen atoms in total. The number of hydrogen-bond acceptors (Lipinski definition) is 3. The molecule has 1 amide bonds. The molecule has 0 radical (unpaired) electrons. The zero-order chi connectivity index (χ0) is 18.7. The molecule has 1 unspecified atom stereocenters. The number of rotatable bonds is 2. The number of hydrogen-bond donors (Lipinski definition) is 0. The predicted molar refractivity (Wildman–Crippen MR) is 87.6 cm³/mol. The van der Waals surface area contributed by atoms with E-state index in [0.717, 1.165) is 4.90 Å². The van der Waals surface area contributed by atoms with Crippen LogP contribution in [0, 0.1) is 0 Å². The normalized spacial score (nSPS) is 21.1. The number of halogens is 3. The minimum Gasteiger partial charge on any atom is -0.493 e. The molecule has 4 rings (SSSR count). The van der Waals surface area contributed by atoms with E-state index < -0.39 is 17.6 Å². The third kappa shape index (κ3) is 1.88. The van der Waals surface area contributed by atoms with Crippen molar-refractivity contribution in [1.29, 1.82) is 0 Å². The Morgan fingerprint density at radius 2 is 1.69 bits per heavy atom. The van der Waals surface area contributed by atoms with Gasteiger partial charge in [0.15, 0.2) is 17.0 Å². The van der Waals surface area contributed by atoms with Crippen molar-refractivity contribution >= 4 is 5.91 Å². The SMILES string of the molecule is COc1cc2c(cc1OC)C1(C(F)(F)F)c3ccccc3C(=O)N1CC2. The summed E-state index contributed by atoms with van der Waals surface area (Å²) in [7, 11) is 2.81. The fraction of sp³-hybridized carbons (Fsp3) is 0.316. The van der Waals surface area contributed by atoms with Gasteiger partial charge in [0.25, 0.3) is 5.91 Å². The number of amides is 1. The van der Waals surface area contributed by atoms with E-state index in [1.54, 1.807) is 12.1 Å². The lowest BCUT2D eigenvalue weighted by molar-refractivity contribution is -0.212. The van der Waals surface area contributed by atoms with Crippen LogP contribution in [0.2, 0.25) is 0 Å². The van der Waals surface area contributed by atoms with Crippen molar-refractivity contribution in [3.8, 4) is 11.5 Å². The van der Waals surface area contributed by atoms with Gasteiger partial charge in [-0.25, -0.2) is 0 Å². The average Bonchev–Trinajstić information content (AvgIpc) is 2.90. The summed E-state index contributed by atoms with van der Waals surface area (Å²) in [6.45, 7) is -0.0183. The zero-order valence-electron chi connectivity index (χ0n) is 14.2. The molecule has 0 aliphatic carbocycles. The van der Waals surface area contributed by atoms with Crippen molar-refractivity contribution in [2.24, 2.45) is 0 Å². The molecule has 0 saturated carbocycles. The average molecular weight is 363 g/mol. The van der Waals surface area contributed by atoms with Gasteiger partial charge in [-0.2, -0.15) is 13.2 Å². The van der Waals surface area contributed by atoms with E-state index in [0.29, 0.717) is 17.7 Å². The van der Waals surface area contributed by atoms with Crippen molar-refractivity contribution in [2.75, 3.05) is 20.8 Å². The second-order valence-corrected chi connectivity index (χ2v) is 6.32. The van der Waals surface area contributed by atoms with Crippen LogP contribution in [0.3, 0.4) is 0 Å². The van der Waals surface area contributed by atoms with E-state index in [9.17, 15) is 18.0 Å². The van der Waals surface area contributed by atoms with Gasteiger partial charge < -0.3 is 14.4 Å². The van der Waals surface area contributed by atoms with E-state index in [2.05, 4.69) is 0 Å². The molecular weight excluding hydrogens is 347 g/mol. The molecule has 0 saturated heterocycles. The second kappa shape index (κ2) is 5.40. The van der Waals surface area contributed by atoms with Gasteiger partial charge in [-0.15, -0.1) is 0 Å². The Labute approximate surface area is 148 Å². The molecule has 2 aromatic carbocycles. The summed E-state index contributed by atoms with van der Waals surface area (Å²) in [5.41, 5.74) is -1.93. The highest BCUT2D eigenvalue weighted by atomic mass is 19.4. The number of carbonyl (C=O) groups is 1. The highest BCUT2D eigenvalue weighted by Gasteiger charge is 2.68. The zero-order valence-corrected chi connectivity index (χ0v) is 14.2. The van der Waals surface area contributed by atoms with Crippen LogP contribution in [0.4, 0.5) is 13.2 Å². The predicted octanol–water partition coefficient (Wildman–Crippen LogP) is 3.52. The number of carbonyl (C=O) groups excluding carboxylic acids is 1. The van der Waals surface area contributed by atoms with Gasteiger partial charge in [-0.05, 0) is 35.7 Å². The lowest BCUT2D eigenvalue weighted by Crippen LogP contribution is -2.58. The van der Waals surface area contributed by atoms with Crippen LogP contribution in [0.15, 0.2) is 36.4 Å². The number of alkyl halides is 3. The van der Waals surface area contributed by atoms with Crippen molar-refractivity contribution < 1.29 is 27.4 Å². The van der Waals surface area contributed by atoms with Gasteiger partial charge in [0.1, 0.15) is 0 Å². The van der Waals surface area contributed by atoms with Gasteiger partial charge in [0.05, 0.1) is 14.2 Å². The van der Waals surface area contributed by atoms with E-state index in [1.807, 2.05) is 0 Å². The first kappa shape index (κ1) is 16.8. The summed E-state index contributed by atoms with van der Waals surface area (Å²) in [6, 6.07) is 8.86. The summed E-state index contributed by atoms with van der Waals surface area (Å²) in [4.78, 5) is 13.7. The molecule has 0 spiro atoms. The number of methoxy groups -OCH3 is 2. The quantitative estimate of drug-likeness (QED) is 0.820. The smallest absolute Gasteiger partial charge is 0.420 e. The molecule has 136 valence electrons. The number of fused-ring (bicyclic) bond motifs is 5. The van der Waals surface area contributed by atoms with Crippen LogP contribution in [-0.4, -0.2) is 37.7 Å². The van der Waals surface area contributed by atoms with Gasteiger partial charge in [-0.3, -0.25) is 4.79 Å². The van der Waals surface area contributed by atoms with Crippen molar-refractivity contribution in [3.05, 3.63) is 58.7 Å². The largest absolute Gasteiger partial charge is 0.493 e. The monoisotopic (exact) mass is 363 g/mol. The van der Waals surface area contributed by atoms with Gasteiger partial charge in [0.2, 0.25) is 0 Å². The Kier molecular flexibility index (Phi) is 3.48. The van der Waals surface area contributed by atoms with E-state index >= 15 is 0 Å². The van der Waals surface area contributed by atoms with Crippen molar-refractivity contribution in [3.63, 3.8) is 0 Å². The number of benzene rings is 2. The highest BCUT2D eigenvalue weighted by Crippen LogP contribution is 2.57. The Hall–Kier alpha value is -2.70. The minimum atomic E-state index is -4.69. The van der Waals surface area contributed by atoms with Gasteiger partial charge >= 0.3 is 6.18 Å². The standard InChI is InChI=1S/C19H16F3NO3/c1-25-15-9-11-7-8-23-17(24)12-5-3-4-6-13(12)18(23,19(20,21)22)14(11)10-16(15)26-2/h3-6,9-10H,7-8H2,1-2H3. The second-order valence-electron chi connectivity index (χ2n) is 6.32. The maximum Gasteiger partial charge on any atom is 0.420 e. The van der Waals surface area contributed by atoms with Gasteiger partial charge in [0, 0.05) is 17.7 Å².